The van der Waals surface area contributed by atoms with Gasteiger partial charge in [0.1, 0.15) is 12.4 Å². The van der Waals surface area contributed by atoms with Gasteiger partial charge in [-0.1, -0.05) is 18.5 Å². The van der Waals surface area contributed by atoms with Crippen LogP contribution in [-0.4, -0.2) is 77.2 Å². The Labute approximate surface area is 206 Å². The minimum atomic E-state index is -3.86. The fourth-order valence-electron chi connectivity index (χ4n) is 3.85. The zero-order valence-electron chi connectivity index (χ0n) is 20.1. The maximum absolute atomic E-state index is 13.4. The average molecular weight is 510 g/mol. The molecule has 2 aromatic carbocycles. The van der Waals surface area contributed by atoms with Crippen LogP contribution in [-0.2, 0) is 14.8 Å². The molecule has 0 spiro atoms. The zero-order valence-corrected chi connectivity index (χ0v) is 21.7. The van der Waals surface area contributed by atoms with Gasteiger partial charge < -0.3 is 14.4 Å². The van der Waals surface area contributed by atoms with Crippen molar-refractivity contribution < 1.29 is 22.7 Å². The number of rotatable bonds is 4. The van der Waals surface area contributed by atoms with Crippen LogP contribution in [0.25, 0.3) is 0 Å². The van der Waals surface area contributed by atoms with E-state index in [4.69, 9.17) is 21.1 Å². The van der Waals surface area contributed by atoms with E-state index in [9.17, 15) is 13.2 Å². The van der Waals surface area contributed by atoms with E-state index in [1.165, 1.54) is 30.3 Å². The summed E-state index contributed by atoms with van der Waals surface area (Å²) in [5, 5.41) is 0.438. The topological polar surface area (TPSA) is 88.2 Å². The largest absolute Gasteiger partial charge is 0.491 e. The second-order valence-electron chi connectivity index (χ2n) is 8.81. The lowest BCUT2D eigenvalue weighted by Gasteiger charge is -2.34. The van der Waals surface area contributed by atoms with Crippen LogP contribution in [0, 0.1) is 5.92 Å². The number of ether oxygens (including phenoxy) is 2. The molecule has 0 saturated carbocycles. The number of likely N-dealkylation sites (N-methyl/N-ethyl adjacent to an activating group) is 2. The normalized spacial score (nSPS) is 22.8. The van der Waals surface area contributed by atoms with Crippen molar-refractivity contribution in [3.63, 3.8) is 0 Å². The predicted molar refractivity (Wildman–Crippen MR) is 133 cm³/mol. The van der Waals surface area contributed by atoms with Gasteiger partial charge in [0.2, 0.25) is 0 Å². The first kappa shape index (κ1) is 26.3. The second-order valence-corrected chi connectivity index (χ2v) is 10.9. The van der Waals surface area contributed by atoms with Gasteiger partial charge in [0.05, 0.1) is 16.6 Å². The minimum absolute atomic E-state index is 0.0677. The summed E-state index contributed by atoms with van der Waals surface area (Å²) < 4.78 is 39.9. The van der Waals surface area contributed by atoms with E-state index in [1.807, 2.05) is 7.05 Å². The highest BCUT2D eigenvalue weighted by molar-refractivity contribution is 7.92. The van der Waals surface area contributed by atoms with Crippen molar-refractivity contribution in [1.82, 2.24) is 9.80 Å². The van der Waals surface area contributed by atoms with Crippen LogP contribution in [0.1, 0.15) is 24.2 Å². The highest BCUT2D eigenvalue weighted by atomic mass is 35.5. The molecule has 1 aliphatic rings. The van der Waals surface area contributed by atoms with Gasteiger partial charge in [0.25, 0.3) is 15.9 Å². The molecule has 10 heteroatoms. The summed E-state index contributed by atoms with van der Waals surface area (Å²) in [6.45, 7) is 5.71. The molecule has 186 valence electrons. The smallest absolute Gasteiger partial charge is 0.261 e. The molecule has 0 saturated heterocycles. The minimum Gasteiger partial charge on any atom is -0.491 e. The fraction of sp³-hybridized carbons (Fsp3) is 0.458. The number of halogens is 1. The maximum atomic E-state index is 13.4. The number of benzene rings is 2. The Morgan fingerprint density at radius 3 is 2.41 bits per heavy atom. The predicted octanol–water partition coefficient (Wildman–Crippen LogP) is 3.58. The van der Waals surface area contributed by atoms with E-state index in [0.29, 0.717) is 23.9 Å². The number of hydrogen-bond acceptors (Lipinski definition) is 6. The number of nitrogens with zero attached hydrogens (tertiary/aromatic N) is 2. The van der Waals surface area contributed by atoms with Gasteiger partial charge in [-0.2, -0.15) is 0 Å². The molecular formula is C24H32ClN3O5S. The van der Waals surface area contributed by atoms with Crippen LogP contribution >= 0.6 is 11.6 Å². The molecule has 0 bridgehead atoms. The van der Waals surface area contributed by atoms with Gasteiger partial charge in [-0.25, -0.2) is 8.42 Å². The van der Waals surface area contributed by atoms with E-state index >= 15 is 0 Å². The molecule has 1 aliphatic heterocycles. The summed E-state index contributed by atoms with van der Waals surface area (Å²) in [7, 11) is 1.52. The zero-order chi connectivity index (χ0) is 25.0. The Hall–Kier alpha value is -2.33. The van der Waals surface area contributed by atoms with Gasteiger partial charge in [-0.3, -0.25) is 14.4 Å². The number of anilines is 1. The highest BCUT2D eigenvalue weighted by Gasteiger charge is 2.27. The molecule has 0 aromatic heterocycles. The van der Waals surface area contributed by atoms with Gasteiger partial charge in [-0.15, -0.1) is 0 Å². The SMILES string of the molecule is CO[C@@H]1CN(C)C(=O)c2cc(NS(=O)(=O)c3ccc(Cl)cc3)ccc2OC[C@H](C)N(C)C[C@@H]1C. The summed E-state index contributed by atoms with van der Waals surface area (Å²) in [5.74, 6) is 0.302. The number of methoxy groups -OCH3 is 1. The van der Waals surface area contributed by atoms with Gasteiger partial charge in [0, 0.05) is 44.0 Å². The second kappa shape index (κ2) is 10.9. The molecule has 0 aliphatic carbocycles. The third kappa shape index (κ3) is 6.21. The highest BCUT2D eigenvalue weighted by Crippen LogP contribution is 2.27. The summed E-state index contributed by atoms with van der Waals surface area (Å²) in [5.41, 5.74) is 0.532. The monoisotopic (exact) mass is 509 g/mol. The number of fused-ring (bicyclic) bond motifs is 1. The molecule has 0 radical (unpaired) electrons. The Balaban J connectivity index is 1.95. The summed E-state index contributed by atoms with van der Waals surface area (Å²) in [6, 6.07) is 10.7. The molecule has 34 heavy (non-hydrogen) atoms. The Morgan fingerprint density at radius 1 is 1.09 bits per heavy atom. The maximum Gasteiger partial charge on any atom is 0.261 e. The molecule has 1 N–H and O–H groups in total. The summed E-state index contributed by atoms with van der Waals surface area (Å²) in [4.78, 5) is 17.2. The molecule has 0 unspecified atom stereocenters. The number of nitrogens with one attached hydrogen (secondary N) is 1. The number of carbonyl (C=O) groups excluding carboxylic acids is 1. The third-order valence-electron chi connectivity index (χ3n) is 6.13. The van der Waals surface area contributed by atoms with Crippen LogP contribution in [0.5, 0.6) is 5.75 Å². The lowest BCUT2D eigenvalue weighted by molar-refractivity contribution is 0.0150. The average Bonchev–Trinajstić information content (AvgIpc) is 2.80. The molecule has 2 aromatic rings. The van der Waals surface area contributed by atoms with Crippen molar-refractivity contribution in [1.29, 1.82) is 0 Å². The van der Waals surface area contributed by atoms with Crippen LogP contribution in [0.2, 0.25) is 5.02 Å². The van der Waals surface area contributed by atoms with Gasteiger partial charge in [0.15, 0.2) is 0 Å². The fourth-order valence-corrected chi connectivity index (χ4v) is 5.02. The van der Waals surface area contributed by atoms with Crippen molar-refractivity contribution in [2.75, 3.05) is 45.6 Å². The molecule has 1 heterocycles. The summed E-state index contributed by atoms with van der Waals surface area (Å²) >= 11 is 5.87. The lowest BCUT2D eigenvalue weighted by atomic mass is 10.0. The van der Waals surface area contributed by atoms with E-state index < -0.39 is 10.0 Å². The summed E-state index contributed by atoms with van der Waals surface area (Å²) in [6.07, 6.45) is -0.154. The molecular weight excluding hydrogens is 478 g/mol. The Bertz CT molecular complexity index is 1110. The number of amides is 1. The van der Waals surface area contributed by atoms with Crippen molar-refractivity contribution in [3.8, 4) is 5.75 Å². The van der Waals surface area contributed by atoms with Crippen LogP contribution in [0.3, 0.4) is 0 Å². The van der Waals surface area contributed by atoms with E-state index in [2.05, 4.69) is 23.5 Å². The van der Waals surface area contributed by atoms with Crippen molar-refractivity contribution >= 4 is 33.2 Å². The molecule has 0 fully saturated rings. The molecule has 8 nitrogen and oxygen atoms in total. The van der Waals surface area contributed by atoms with E-state index in [1.54, 1.807) is 31.2 Å². The van der Waals surface area contributed by atoms with Gasteiger partial charge >= 0.3 is 0 Å². The van der Waals surface area contributed by atoms with Crippen LogP contribution in [0.4, 0.5) is 5.69 Å². The lowest BCUT2D eigenvalue weighted by Crippen LogP contribution is -2.45. The van der Waals surface area contributed by atoms with Crippen molar-refractivity contribution in [2.45, 2.75) is 30.9 Å². The number of carbonyl (C=O) groups is 1. The first-order chi connectivity index (χ1) is 16.0. The van der Waals surface area contributed by atoms with Crippen LogP contribution in [0.15, 0.2) is 47.4 Å². The standard InChI is InChI=1S/C24H32ClN3O5S/c1-16-13-27(3)17(2)15-33-22-11-8-19(12-21(22)24(29)28(4)14-23(16)32-5)26-34(30,31)20-9-6-18(25)7-10-20/h6-12,16-17,23,26H,13-15H2,1-5H3/t16-,17-,23+/m0/s1. The Kier molecular flexibility index (Phi) is 8.46. The van der Waals surface area contributed by atoms with Crippen molar-refractivity contribution in [2.24, 2.45) is 5.92 Å². The number of hydrogen-bond donors (Lipinski definition) is 1. The van der Waals surface area contributed by atoms with Gasteiger partial charge in [-0.05, 0) is 62.4 Å². The van der Waals surface area contributed by atoms with E-state index in [0.717, 1.165) is 6.54 Å². The molecule has 3 rings (SSSR count). The van der Waals surface area contributed by atoms with E-state index in [-0.39, 0.29) is 40.1 Å². The molecule has 3 atom stereocenters. The first-order valence-corrected chi connectivity index (χ1v) is 12.9. The first-order valence-electron chi connectivity index (χ1n) is 11.1. The third-order valence-corrected chi connectivity index (χ3v) is 7.78. The number of sulfonamides is 1. The van der Waals surface area contributed by atoms with Crippen molar-refractivity contribution in [3.05, 3.63) is 53.1 Å². The Morgan fingerprint density at radius 2 is 1.76 bits per heavy atom. The van der Waals surface area contributed by atoms with Crippen LogP contribution < -0.4 is 9.46 Å². The quantitative estimate of drug-likeness (QED) is 0.677. The molecule has 1 amide bonds.